The summed E-state index contributed by atoms with van der Waals surface area (Å²) in [5, 5.41) is 3.94. The third-order valence-electron chi connectivity index (χ3n) is 4.13. The molecule has 0 unspecified atom stereocenters. The van der Waals surface area contributed by atoms with Crippen molar-refractivity contribution in [2.45, 2.75) is 13.5 Å². The Morgan fingerprint density at radius 2 is 2.04 bits per heavy atom. The third-order valence-corrected chi connectivity index (χ3v) is 4.36. The summed E-state index contributed by atoms with van der Waals surface area (Å²) in [5.74, 6) is 6.37. The highest BCUT2D eigenvalue weighted by molar-refractivity contribution is 6.30. The molecule has 5 nitrogen and oxygen atoms in total. The SMILES string of the molecule is Cc1ccc(C#Cc2nc(NCc3cccc(Cl)c3)c3[nH]cnc3n2)cc1F. The quantitative estimate of drug-likeness (QED) is 0.506. The number of hydrogen-bond acceptors (Lipinski definition) is 4. The fourth-order valence-electron chi connectivity index (χ4n) is 2.65. The number of nitrogens with one attached hydrogen (secondary N) is 2. The zero-order chi connectivity index (χ0) is 19.5. The van der Waals surface area contributed by atoms with Crippen molar-refractivity contribution in [2.24, 2.45) is 0 Å². The maximum absolute atomic E-state index is 13.7. The van der Waals surface area contributed by atoms with Crippen LogP contribution in [0.5, 0.6) is 0 Å². The number of aromatic amines is 1. The van der Waals surface area contributed by atoms with E-state index in [9.17, 15) is 4.39 Å². The molecule has 4 rings (SSSR count). The highest BCUT2D eigenvalue weighted by Crippen LogP contribution is 2.18. The average Bonchev–Trinajstić information content (AvgIpc) is 3.16. The normalized spacial score (nSPS) is 10.5. The van der Waals surface area contributed by atoms with Gasteiger partial charge in [-0.2, -0.15) is 4.98 Å². The van der Waals surface area contributed by atoms with Crippen LogP contribution in [0.2, 0.25) is 5.02 Å². The van der Waals surface area contributed by atoms with Crippen molar-refractivity contribution in [1.29, 1.82) is 0 Å². The molecular formula is C21H15ClFN5. The molecule has 0 aliphatic heterocycles. The monoisotopic (exact) mass is 391 g/mol. The van der Waals surface area contributed by atoms with Crippen molar-refractivity contribution >= 4 is 28.6 Å². The molecule has 0 fully saturated rings. The molecule has 0 saturated carbocycles. The standard InChI is InChI=1S/C21H15ClFN5/c1-13-5-6-14(10-17(13)23)7-8-18-27-20(19-21(28-18)26-12-25-19)24-11-15-3-2-4-16(22)9-15/h2-6,9-10,12H,11H2,1H3,(H2,24,25,26,27,28). The topological polar surface area (TPSA) is 66.5 Å². The number of aryl methyl sites for hydroxylation is 1. The predicted molar refractivity (Wildman–Crippen MR) is 108 cm³/mol. The number of imidazole rings is 1. The van der Waals surface area contributed by atoms with Gasteiger partial charge in [-0.05, 0) is 48.2 Å². The van der Waals surface area contributed by atoms with E-state index in [0.717, 1.165) is 5.56 Å². The highest BCUT2D eigenvalue weighted by Gasteiger charge is 2.09. The zero-order valence-corrected chi connectivity index (χ0v) is 15.7. The number of fused-ring (bicyclic) bond motifs is 1. The first-order valence-corrected chi connectivity index (χ1v) is 8.94. The van der Waals surface area contributed by atoms with Crippen LogP contribution in [0.25, 0.3) is 11.2 Å². The van der Waals surface area contributed by atoms with E-state index in [2.05, 4.69) is 37.1 Å². The van der Waals surface area contributed by atoms with E-state index < -0.39 is 0 Å². The molecule has 0 atom stereocenters. The summed E-state index contributed by atoms with van der Waals surface area (Å²) in [6.45, 7) is 2.24. The van der Waals surface area contributed by atoms with Crippen LogP contribution in [-0.4, -0.2) is 19.9 Å². The highest BCUT2D eigenvalue weighted by atomic mass is 35.5. The molecule has 2 N–H and O–H groups in total. The van der Waals surface area contributed by atoms with Crippen molar-refractivity contribution in [3.63, 3.8) is 0 Å². The maximum atomic E-state index is 13.7. The minimum Gasteiger partial charge on any atom is -0.364 e. The summed E-state index contributed by atoms with van der Waals surface area (Å²) < 4.78 is 13.7. The van der Waals surface area contributed by atoms with Gasteiger partial charge in [0.2, 0.25) is 5.82 Å². The first-order chi connectivity index (χ1) is 13.6. The molecule has 28 heavy (non-hydrogen) atoms. The number of halogens is 2. The Morgan fingerprint density at radius 1 is 1.14 bits per heavy atom. The molecule has 0 amide bonds. The number of rotatable bonds is 3. The Hall–Kier alpha value is -3.43. The molecule has 2 aromatic heterocycles. The molecule has 138 valence electrons. The first-order valence-electron chi connectivity index (χ1n) is 8.56. The number of anilines is 1. The van der Waals surface area contributed by atoms with E-state index in [4.69, 9.17) is 11.6 Å². The van der Waals surface area contributed by atoms with Crippen LogP contribution < -0.4 is 5.32 Å². The molecule has 2 aromatic carbocycles. The van der Waals surface area contributed by atoms with Crippen molar-refractivity contribution < 1.29 is 4.39 Å². The van der Waals surface area contributed by atoms with E-state index in [1.807, 2.05) is 24.3 Å². The minimum absolute atomic E-state index is 0.292. The Labute approximate surface area is 166 Å². The summed E-state index contributed by atoms with van der Waals surface area (Å²) in [7, 11) is 0. The van der Waals surface area contributed by atoms with E-state index >= 15 is 0 Å². The second-order valence-corrected chi connectivity index (χ2v) is 6.63. The summed E-state index contributed by atoms with van der Waals surface area (Å²) in [4.78, 5) is 16.0. The minimum atomic E-state index is -0.292. The first kappa shape index (κ1) is 18.0. The number of aromatic nitrogens is 4. The van der Waals surface area contributed by atoms with Gasteiger partial charge in [0, 0.05) is 17.1 Å². The second kappa shape index (κ2) is 7.67. The third kappa shape index (κ3) is 3.95. The molecule has 2 heterocycles. The van der Waals surface area contributed by atoms with Crippen LogP contribution in [-0.2, 0) is 6.54 Å². The Kier molecular flexibility index (Phi) is 4.92. The van der Waals surface area contributed by atoms with E-state index in [-0.39, 0.29) is 5.82 Å². The zero-order valence-electron chi connectivity index (χ0n) is 14.9. The molecule has 0 radical (unpaired) electrons. The lowest BCUT2D eigenvalue weighted by Gasteiger charge is -2.07. The number of H-pyrrole nitrogens is 1. The Balaban J connectivity index is 1.63. The second-order valence-electron chi connectivity index (χ2n) is 6.19. The molecule has 0 bridgehead atoms. The summed E-state index contributed by atoms with van der Waals surface area (Å²) in [5.41, 5.74) is 3.34. The van der Waals surface area contributed by atoms with Crippen molar-refractivity contribution in [3.8, 4) is 11.8 Å². The van der Waals surface area contributed by atoms with E-state index in [1.54, 1.807) is 25.4 Å². The van der Waals surface area contributed by atoms with Gasteiger partial charge in [0.25, 0.3) is 0 Å². The van der Waals surface area contributed by atoms with Crippen LogP contribution in [0.4, 0.5) is 10.2 Å². The van der Waals surface area contributed by atoms with Crippen molar-refractivity contribution in [3.05, 3.63) is 82.1 Å². The lowest BCUT2D eigenvalue weighted by molar-refractivity contribution is 0.618. The van der Waals surface area contributed by atoms with Crippen LogP contribution >= 0.6 is 11.6 Å². The largest absolute Gasteiger partial charge is 0.364 e. The van der Waals surface area contributed by atoms with Crippen LogP contribution in [0, 0.1) is 24.6 Å². The van der Waals surface area contributed by atoms with Crippen LogP contribution in [0.1, 0.15) is 22.5 Å². The fraction of sp³-hybridized carbons (Fsp3) is 0.0952. The molecule has 0 aliphatic carbocycles. The maximum Gasteiger partial charge on any atom is 0.209 e. The van der Waals surface area contributed by atoms with Gasteiger partial charge >= 0.3 is 0 Å². The van der Waals surface area contributed by atoms with Gasteiger partial charge in [0.15, 0.2) is 11.5 Å². The summed E-state index contributed by atoms with van der Waals surface area (Å²) in [6.07, 6.45) is 1.55. The van der Waals surface area contributed by atoms with Gasteiger partial charge in [-0.1, -0.05) is 35.7 Å². The lowest BCUT2D eigenvalue weighted by atomic mass is 10.1. The van der Waals surface area contributed by atoms with Gasteiger partial charge in [0.05, 0.1) is 6.33 Å². The van der Waals surface area contributed by atoms with Gasteiger partial charge in [-0.25, -0.2) is 14.4 Å². The molecule has 0 spiro atoms. The summed E-state index contributed by atoms with van der Waals surface area (Å²) >= 11 is 6.04. The molecule has 0 saturated heterocycles. The molecular weight excluding hydrogens is 377 g/mol. The average molecular weight is 392 g/mol. The van der Waals surface area contributed by atoms with E-state index in [1.165, 1.54) is 6.07 Å². The Morgan fingerprint density at radius 3 is 2.86 bits per heavy atom. The van der Waals surface area contributed by atoms with Gasteiger partial charge < -0.3 is 10.3 Å². The molecule has 4 aromatic rings. The fourth-order valence-corrected chi connectivity index (χ4v) is 2.86. The van der Waals surface area contributed by atoms with E-state index in [0.29, 0.717) is 45.5 Å². The van der Waals surface area contributed by atoms with Crippen molar-refractivity contribution in [2.75, 3.05) is 5.32 Å². The van der Waals surface area contributed by atoms with Crippen molar-refractivity contribution in [1.82, 2.24) is 19.9 Å². The summed E-state index contributed by atoms with van der Waals surface area (Å²) in [6, 6.07) is 12.4. The lowest BCUT2D eigenvalue weighted by Crippen LogP contribution is -2.04. The number of nitrogens with zero attached hydrogens (tertiary/aromatic N) is 3. The smallest absolute Gasteiger partial charge is 0.209 e. The van der Waals surface area contributed by atoms with Gasteiger partial charge in [-0.3, -0.25) is 0 Å². The number of benzene rings is 2. The van der Waals surface area contributed by atoms with Crippen LogP contribution in [0.3, 0.4) is 0 Å². The van der Waals surface area contributed by atoms with Crippen LogP contribution in [0.15, 0.2) is 48.8 Å². The Bertz CT molecular complexity index is 1220. The van der Waals surface area contributed by atoms with Gasteiger partial charge in [0.1, 0.15) is 11.3 Å². The number of hydrogen-bond donors (Lipinski definition) is 2. The molecule has 0 aliphatic rings. The molecule has 7 heteroatoms. The van der Waals surface area contributed by atoms with Gasteiger partial charge in [-0.15, -0.1) is 0 Å². The predicted octanol–water partition coefficient (Wildman–Crippen LogP) is 4.47.